The molecular formula is C9H9F4NOS. The van der Waals surface area contributed by atoms with E-state index >= 15 is 0 Å². The summed E-state index contributed by atoms with van der Waals surface area (Å²) in [6, 6.07) is 3.10. The molecule has 0 saturated heterocycles. The lowest BCUT2D eigenvalue weighted by Gasteiger charge is -2.15. The molecule has 0 fully saturated rings. The molecule has 0 spiro atoms. The molecule has 0 aliphatic heterocycles. The summed E-state index contributed by atoms with van der Waals surface area (Å²) in [7, 11) is 0. The van der Waals surface area contributed by atoms with E-state index in [-0.39, 0.29) is 4.88 Å². The smallest absolute Gasteiger partial charge is 0.324 e. The van der Waals surface area contributed by atoms with Gasteiger partial charge < -0.3 is 5.32 Å². The van der Waals surface area contributed by atoms with E-state index in [0.717, 1.165) is 16.2 Å². The van der Waals surface area contributed by atoms with Crippen molar-refractivity contribution < 1.29 is 22.4 Å². The average Bonchev–Trinajstić information content (AvgIpc) is 2.61. The minimum absolute atomic E-state index is 0.225. The summed E-state index contributed by atoms with van der Waals surface area (Å²) < 4.78 is 48.5. The summed E-state index contributed by atoms with van der Waals surface area (Å²) >= 11 is 1.11. The third-order valence-electron chi connectivity index (χ3n) is 1.77. The second-order valence-electron chi connectivity index (χ2n) is 3.15. The molecule has 0 unspecified atom stereocenters. The van der Waals surface area contributed by atoms with Crippen molar-refractivity contribution in [2.45, 2.75) is 19.3 Å². The molecule has 2 nitrogen and oxygen atoms in total. The highest BCUT2D eigenvalue weighted by Crippen LogP contribution is 2.22. The zero-order valence-electron chi connectivity index (χ0n) is 8.27. The van der Waals surface area contributed by atoms with Crippen LogP contribution in [0.5, 0.6) is 0 Å². The molecule has 1 heterocycles. The molecule has 1 aromatic heterocycles. The minimum atomic E-state index is -4.19. The number of hydrogen-bond donors (Lipinski definition) is 1. The van der Waals surface area contributed by atoms with E-state index < -0.39 is 24.8 Å². The molecule has 0 aliphatic carbocycles. The first-order chi connectivity index (χ1) is 7.33. The van der Waals surface area contributed by atoms with Gasteiger partial charge in [0.2, 0.25) is 0 Å². The molecule has 1 N–H and O–H groups in total. The standard InChI is InChI=1S/C9H9F4NOS/c1-5-2-3-6(16-5)7(15)14-4-9(12,13)8(10)11/h2-3,8H,4H2,1H3,(H,14,15). The fourth-order valence-electron chi connectivity index (χ4n) is 0.919. The number of halogens is 4. The van der Waals surface area contributed by atoms with Crippen LogP contribution in [0.3, 0.4) is 0 Å². The van der Waals surface area contributed by atoms with Crippen LogP contribution >= 0.6 is 11.3 Å². The van der Waals surface area contributed by atoms with Gasteiger partial charge in [0.1, 0.15) is 0 Å². The summed E-state index contributed by atoms with van der Waals surface area (Å²) in [6.07, 6.45) is -3.78. The average molecular weight is 255 g/mol. The van der Waals surface area contributed by atoms with Gasteiger partial charge in [-0.25, -0.2) is 8.78 Å². The Kier molecular flexibility index (Phi) is 3.90. The van der Waals surface area contributed by atoms with Crippen LogP contribution in [0.2, 0.25) is 0 Å². The van der Waals surface area contributed by atoms with Gasteiger partial charge in [0.25, 0.3) is 5.91 Å². The Morgan fingerprint density at radius 2 is 2.12 bits per heavy atom. The topological polar surface area (TPSA) is 29.1 Å². The SMILES string of the molecule is Cc1ccc(C(=O)NCC(F)(F)C(F)F)s1. The van der Waals surface area contributed by atoms with Crippen molar-refractivity contribution in [3.8, 4) is 0 Å². The zero-order valence-corrected chi connectivity index (χ0v) is 9.08. The monoisotopic (exact) mass is 255 g/mol. The van der Waals surface area contributed by atoms with Crippen LogP contribution in [0.25, 0.3) is 0 Å². The van der Waals surface area contributed by atoms with Crippen molar-refractivity contribution in [1.82, 2.24) is 5.32 Å². The maximum atomic E-state index is 12.5. The third-order valence-corrected chi connectivity index (χ3v) is 2.77. The van der Waals surface area contributed by atoms with Gasteiger partial charge in [-0.15, -0.1) is 11.3 Å². The summed E-state index contributed by atoms with van der Waals surface area (Å²) in [5, 5.41) is 1.78. The van der Waals surface area contributed by atoms with Crippen molar-refractivity contribution in [3.63, 3.8) is 0 Å². The number of hydrogen-bond acceptors (Lipinski definition) is 2. The highest BCUT2D eigenvalue weighted by atomic mass is 32.1. The molecule has 0 bridgehead atoms. The predicted octanol–water partition coefficient (Wildman–Crippen LogP) is 2.69. The lowest BCUT2D eigenvalue weighted by molar-refractivity contribution is -0.123. The highest BCUT2D eigenvalue weighted by molar-refractivity contribution is 7.13. The molecule has 0 atom stereocenters. The molecule has 0 aromatic carbocycles. The number of thiophene rings is 1. The molecule has 1 rings (SSSR count). The van der Waals surface area contributed by atoms with Crippen molar-refractivity contribution in [1.29, 1.82) is 0 Å². The number of rotatable bonds is 4. The summed E-state index contributed by atoms with van der Waals surface area (Å²) in [5.74, 6) is -4.96. The molecule has 0 aliphatic rings. The predicted molar refractivity (Wildman–Crippen MR) is 52.3 cm³/mol. The van der Waals surface area contributed by atoms with Crippen LogP contribution in [0.4, 0.5) is 17.6 Å². The summed E-state index contributed by atoms with van der Waals surface area (Å²) in [4.78, 5) is 12.3. The lowest BCUT2D eigenvalue weighted by Crippen LogP contribution is -2.41. The van der Waals surface area contributed by atoms with E-state index in [4.69, 9.17) is 0 Å². The van der Waals surface area contributed by atoms with Crippen molar-refractivity contribution in [3.05, 3.63) is 21.9 Å². The number of carbonyl (C=O) groups is 1. The molecule has 1 aromatic rings. The molecule has 0 radical (unpaired) electrons. The first kappa shape index (κ1) is 13.0. The highest BCUT2D eigenvalue weighted by Gasteiger charge is 2.40. The first-order valence-corrected chi connectivity index (χ1v) is 5.15. The second kappa shape index (κ2) is 4.82. The first-order valence-electron chi connectivity index (χ1n) is 4.33. The Morgan fingerprint density at radius 1 is 1.50 bits per heavy atom. The molecule has 16 heavy (non-hydrogen) atoms. The van der Waals surface area contributed by atoms with Crippen molar-refractivity contribution >= 4 is 17.2 Å². The van der Waals surface area contributed by atoms with Crippen LogP contribution in [-0.4, -0.2) is 24.8 Å². The maximum Gasteiger partial charge on any atom is 0.324 e. The van der Waals surface area contributed by atoms with Crippen LogP contribution in [0.1, 0.15) is 14.5 Å². The van der Waals surface area contributed by atoms with Gasteiger partial charge in [-0.1, -0.05) is 0 Å². The number of aryl methyl sites for hydroxylation is 1. The lowest BCUT2D eigenvalue weighted by atomic mass is 10.3. The maximum absolute atomic E-state index is 12.5. The zero-order chi connectivity index (χ0) is 12.3. The van der Waals surface area contributed by atoms with Gasteiger partial charge in [-0.05, 0) is 19.1 Å². The van der Waals surface area contributed by atoms with Crippen molar-refractivity contribution in [2.75, 3.05) is 6.54 Å². The van der Waals surface area contributed by atoms with E-state index in [1.165, 1.54) is 6.07 Å². The quantitative estimate of drug-likeness (QED) is 0.823. The Labute approximate surface area is 93.3 Å². The Hall–Kier alpha value is -1.11. The van der Waals surface area contributed by atoms with Gasteiger partial charge in [0.15, 0.2) is 0 Å². The van der Waals surface area contributed by atoms with E-state index in [1.807, 2.05) is 0 Å². The Morgan fingerprint density at radius 3 is 2.56 bits per heavy atom. The van der Waals surface area contributed by atoms with E-state index in [0.29, 0.717) is 0 Å². The number of nitrogens with one attached hydrogen (secondary N) is 1. The third kappa shape index (κ3) is 3.19. The van der Waals surface area contributed by atoms with E-state index in [1.54, 1.807) is 18.3 Å². The van der Waals surface area contributed by atoms with Crippen LogP contribution < -0.4 is 5.32 Å². The second-order valence-corrected chi connectivity index (χ2v) is 4.44. The van der Waals surface area contributed by atoms with Crippen molar-refractivity contribution in [2.24, 2.45) is 0 Å². The summed E-state index contributed by atoms with van der Waals surface area (Å²) in [5.41, 5.74) is 0. The van der Waals surface area contributed by atoms with Gasteiger partial charge in [-0.3, -0.25) is 4.79 Å². The normalized spacial score (nSPS) is 11.9. The van der Waals surface area contributed by atoms with Crippen LogP contribution in [0, 0.1) is 6.92 Å². The number of alkyl halides is 4. The Balaban J connectivity index is 2.54. The molecule has 1 amide bonds. The summed E-state index contributed by atoms with van der Waals surface area (Å²) in [6.45, 7) is 0.385. The van der Waals surface area contributed by atoms with Gasteiger partial charge in [0.05, 0.1) is 11.4 Å². The van der Waals surface area contributed by atoms with Gasteiger partial charge in [-0.2, -0.15) is 8.78 Å². The van der Waals surface area contributed by atoms with Crippen LogP contribution in [0.15, 0.2) is 12.1 Å². The molecular weight excluding hydrogens is 246 g/mol. The van der Waals surface area contributed by atoms with Crippen LogP contribution in [-0.2, 0) is 0 Å². The Bertz CT molecular complexity index is 377. The fourth-order valence-corrected chi connectivity index (χ4v) is 1.70. The molecule has 7 heteroatoms. The van der Waals surface area contributed by atoms with Gasteiger partial charge >= 0.3 is 12.3 Å². The van der Waals surface area contributed by atoms with E-state index in [9.17, 15) is 22.4 Å². The number of carbonyl (C=O) groups excluding carboxylic acids is 1. The largest absolute Gasteiger partial charge is 0.345 e. The number of amides is 1. The van der Waals surface area contributed by atoms with E-state index in [2.05, 4.69) is 0 Å². The van der Waals surface area contributed by atoms with Gasteiger partial charge in [0, 0.05) is 4.88 Å². The minimum Gasteiger partial charge on any atom is -0.345 e. The fraction of sp³-hybridized carbons (Fsp3) is 0.444. The molecule has 90 valence electrons. The molecule has 0 saturated carbocycles.